The van der Waals surface area contributed by atoms with Gasteiger partial charge in [0.1, 0.15) is 5.75 Å². The molecule has 0 aliphatic carbocycles. The van der Waals surface area contributed by atoms with Crippen molar-refractivity contribution < 1.29 is 4.74 Å². The third kappa shape index (κ3) is 4.77. The molecule has 3 N–H and O–H groups in total. The van der Waals surface area contributed by atoms with Gasteiger partial charge in [0.25, 0.3) is 0 Å². The van der Waals surface area contributed by atoms with Crippen molar-refractivity contribution in [2.45, 2.75) is 19.8 Å². The van der Waals surface area contributed by atoms with Crippen molar-refractivity contribution in [3.8, 4) is 5.75 Å². The molecule has 0 spiro atoms. The van der Waals surface area contributed by atoms with Crippen molar-refractivity contribution in [1.82, 2.24) is 0 Å². The van der Waals surface area contributed by atoms with Gasteiger partial charge in [0, 0.05) is 6.54 Å². The van der Waals surface area contributed by atoms with E-state index in [-0.39, 0.29) is 0 Å². The average Bonchev–Trinajstić information content (AvgIpc) is 2.33. The van der Waals surface area contributed by atoms with Crippen LogP contribution in [-0.4, -0.2) is 25.2 Å². The lowest BCUT2D eigenvalue weighted by Crippen LogP contribution is -2.06. The summed E-state index contributed by atoms with van der Waals surface area (Å²) in [4.78, 5) is 0. The predicted molar refractivity (Wildman–Crippen MR) is 78.1 cm³/mol. The van der Waals surface area contributed by atoms with Gasteiger partial charge in [0.2, 0.25) is 0 Å². The standard InChI is InChI=1S/C13H22N2OS/c1-3-16-12-8-6-7-11(13(12)14)15-9-4-5-10-17-2/h6-8,15H,3-5,9-10,14H2,1-2H3. The fraction of sp³-hybridized carbons (Fsp3) is 0.538. The highest BCUT2D eigenvalue weighted by atomic mass is 32.2. The van der Waals surface area contributed by atoms with Crippen LogP contribution in [0.4, 0.5) is 11.4 Å². The Morgan fingerprint density at radius 3 is 2.88 bits per heavy atom. The normalized spacial score (nSPS) is 10.2. The minimum atomic E-state index is 0.640. The molecule has 1 aromatic rings. The topological polar surface area (TPSA) is 47.3 Å². The number of anilines is 2. The fourth-order valence-corrected chi connectivity index (χ4v) is 2.07. The van der Waals surface area contributed by atoms with Gasteiger partial charge in [0.15, 0.2) is 0 Å². The molecule has 0 bridgehead atoms. The molecule has 0 amide bonds. The Balaban J connectivity index is 2.44. The molecule has 0 aromatic heterocycles. The summed E-state index contributed by atoms with van der Waals surface area (Å²) in [5.41, 5.74) is 7.70. The van der Waals surface area contributed by atoms with Gasteiger partial charge in [-0.2, -0.15) is 11.8 Å². The molecule has 0 saturated heterocycles. The van der Waals surface area contributed by atoms with E-state index in [1.807, 2.05) is 36.9 Å². The Bertz CT molecular complexity index is 331. The summed E-state index contributed by atoms with van der Waals surface area (Å²) in [7, 11) is 0. The highest BCUT2D eigenvalue weighted by Crippen LogP contribution is 2.29. The molecular formula is C13H22N2OS. The van der Waals surface area contributed by atoms with Crippen LogP contribution < -0.4 is 15.8 Å². The lowest BCUT2D eigenvalue weighted by molar-refractivity contribution is 0.342. The van der Waals surface area contributed by atoms with Gasteiger partial charge < -0.3 is 15.8 Å². The molecule has 1 rings (SSSR count). The van der Waals surface area contributed by atoms with E-state index in [1.165, 1.54) is 18.6 Å². The van der Waals surface area contributed by atoms with E-state index in [4.69, 9.17) is 10.5 Å². The van der Waals surface area contributed by atoms with Crippen molar-refractivity contribution >= 4 is 23.1 Å². The molecule has 0 unspecified atom stereocenters. The van der Waals surface area contributed by atoms with Gasteiger partial charge in [-0.15, -0.1) is 0 Å². The molecule has 0 saturated carbocycles. The Morgan fingerprint density at radius 2 is 2.18 bits per heavy atom. The van der Waals surface area contributed by atoms with E-state index in [9.17, 15) is 0 Å². The molecule has 4 heteroatoms. The van der Waals surface area contributed by atoms with Crippen molar-refractivity contribution in [3.05, 3.63) is 18.2 Å². The summed E-state index contributed by atoms with van der Waals surface area (Å²) in [5.74, 6) is 1.98. The Hall–Kier alpha value is -1.03. The van der Waals surface area contributed by atoms with Crippen molar-refractivity contribution in [3.63, 3.8) is 0 Å². The van der Waals surface area contributed by atoms with Crippen LogP contribution in [0, 0.1) is 0 Å². The second kappa shape index (κ2) is 8.12. The zero-order valence-corrected chi connectivity index (χ0v) is 11.5. The fourth-order valence-electron chi connectivity index (χ4n) is 1.57. The van der Waals surface area contributed by atoms with Crippen LogP contribution in [0.25, 0.3) is 0 Å². The molecule has 0 radical (unpaired) electrons. The number of benzene rings is 1. The third-order valence-corrected chi connectivity index (χ3v) is 3.15. The largest absolute Gasteiger partial charge is 0.492 e. The number of nitrogen functional groups attached to an aromatic ring is 1. The molecule has 0 aliphatic rings. The zero-order chi connectivity index (χ0) is 12.5. The van der Waals surface area contributed by atoms with E-state index in [1.54, 1.807) is 0 Å². The molecule has 1 aromatic carbocycles. The first-order valence-electron chi connectivity index (χ1n) is 6.03. The number of nitrogens with one attached hydrogen (secondary N) is 1. The van der Waals surface area contributed by atoms with Gasteiger partial charge in [-0.05, 0) is 43.9 Å². The number of thioether (sulfide) groups is 1. The van der Waals surface area contributed by atoms with Crippen molar-refractivity contribution in [1.29, 1.82) is 0 Å². The average molecular weight is 254 g/mol. The summed E-state index contributed by atoms with van der Waals surface area (Å²) in [6.45, 7) is 3.56. The molecule has 0 fully saturated rings. The predicted octanol–water partition coefficient (Wildman–Crippen LogP) is 3.22. The first-order valence-corrected chi connectivity index (χ1v) is 7.43. The van der Waals surface area contributed by atoms with Crippen LogP contribution in [0.5, 0.6) is 5.75 Å². The number of para-hydroxylation sites is 1. The number of hydrogen-bond acceptors (Lipinski definition) is 4. The molecule has 0 aliphatic heterocycles. The monoisotopic (exact) mass is 254 g/mol. The highest BCUT2D eigenvalue weighted by Gasteiger charge is 2.04. The van der Waals surface area contributed by atoms with Crippen molar-refractivity contribution in [2.75, 3.05) is 36.2 Å². The number of hydrogen-bond donors (Lipinski definition) is 2. The van der Waals surface area contributed by atoms with E-state index < -0.39 is 0 Å². The lowest BCUT2D eigenvalue weighted by Gasteiger charge is -2.12. The molecule has 17 heavy (non-hydrogen) atoms. The van der Waals surface area contributed by atoms with E-state index in [0.29, 0.717) is 12.3 Å². The molecule has 3 nitrogen and oxygen atoms in total. The first kappa shape index (κ1) is 14.0. The van der Waals surface area contributed by atoms with Crippen LogP contribution in [0.15, 0.2) is 18.2 Å². The van der Waals surface area contributed by atoms with Crippen LogP contribution in [-0.2, 0) is 0 Å². The minimum absolute atomic E-state index is 0.640. The van der Waals surface area contributed by atoms with Crippen LogP contribution in [0.3, 0.4) is 0 Å². The van der Waals surface area contributed by atoms with Crippen LogP contribution in [0.1, 0.15) is 19.8 Å². The lowest BCUT2D eigenvalue weighted by atomic mass is 10.2. The summed E-state index contributed by atoms with van der Waals surface area (Å²) in [6, 6.07) is 5.86. The summed E-state index contributed by atoms with van der Waals surface area (Å²) in [5, 5.41) is 3.36. The first-order chi connectivity index (χ1) is 8.29. The Kier molecular flexibility index (Phi) is 6.70. The molecule has 0 heterocycles. The van der Waals surface area contributed by atoms with Crippen LogP contribution in [0.2, 0.25) is 0 Å². The highest BCUT2D eigenvalue weighted by molar-refractivity contribution is 7.98. The maximum Gasteiger partial charge on any atom is 0.144 e. The maximum atomic E-state index is 6.02. The van der Waals surface area contributed by atoms with Gasteiger partial charge in [0.05, 0.1) is 18.0 Å². The molecule has 0 atom stereocenters. The van der Waals surface area contributed by atoms with E-state index in [2.05, 4.69) is 11.6 Å². The summed E-state index contributed by atoms with van der Waals surface area (Å²) >= 11 is 1.89. The number of nitrogens with two attached hydrogens (primary N) is 1. The van der Waals surface area contributed by atoms with Gasteiger partial charge in [-0.25, -0.2) is 0 Å². The quantitative estimate of drug-likeness (QED) is 0.552. The Morgan fingerprint density at radius 1 is 1.35 bits per heavy atom. The minimum Gasteiger partial charge on any atom is -0.492 e. The maximum absolute atomic E-state index is 6.02. The summed E-state index contributed by atoms with van der Waals surface area (Å²) < 4.78 is 5.45. The zero-order valence-electron chi connectivity index (χ0n) is 10.7. The second-order valence-electron chi connectivity index (χ2n) is 3.78. The second-order valence-corrected chi connectivity index (χ2v) is 4.76. The Labute approximate surface area is 108 Å². The third-order valence-electron chi connectivity index (χ3n) is 2.46. The molecule has 96 valence electrons. The number of unbranched alkanes of at least 4 members (excludes halogenated alkanes) is 1. The molecular weight excluding hydrogens is 232 g/mol. The van der Waals surface area contributed by atoms with Gasteiger partial charge >= 0.3 is 0 Å². The van der Waals surface area contributed by atoms with Gasteiger partial charge in [-0.1, -0.05) is 6.07 Å². The number of ether oxygens (including phenoxy) is 1. The smallest absolute Gasteiger partial charge is 0.144 e. The number of rotatable bonds is 8. The van der Waals surface area contributed by atoms with E-state index >= 15 is 0 Å². The van der Waals surface area contributed by atoms with Crippen molar-refractivity contribution in [2.24, 2.45) is 0 Å². The van der Waals surface area contributed by atoms with Crippen LogP contribution >= 0.6 is 11.8 Å². The van der Waals surface area contributed by atoms with Gasteiger partial charge in [-0.3, -0.25) is 0 Å². The SMILES string of the molecule is CCOc1cccc(NCCCCSC)c1N. The van der Waals surface area contributed by atoms with E-state index in [0.717, 1.165) is 18.0 Å². The summed E-state index contributed by atoms with van der Waals surface area (Å²) in [6.07, 6.45) is 4.54.